The fourth-order valence-electron chi connectivity index (χ4n) is 4.42. The topological polar surface area (TPSA) is 90.0 Å². The number of nitrogens with zero attached hydrogens (tertiary/aromatic N) is 1. The number of ether oxygens (including phenoxy) is 5. The van der Waals surface area contributed by atoms with Crippen molar-refractivity contribution in [2.45, 2.75) is 75.6 Å². The lowest BCUT2D eigenvalue weighted by Gasteiger charge is -2.40. The second-order valence-electron chi connectivity index (χ2n) is 8.92. The number of benzene rings is 1. The highest BCUT2D eigenvalue weighted by Gasteiger charge is 2.78. The van der Waals surface area contributed by atoms with E-state index in [2.05, 4.69) is 15.9 Å². The summed E-state index contributed by atoms with van der Waals surface area (Å²) in [4.78, 5) is 12.1. The van der Waals surface area contributed by atoms with E-state index in [0.717, 1.165) is 6.07 Å². The number of fused-ring (bicyclic) bond motifs is 1. The average molecular weight is 561 g/mol. The SMILES string of the molecule is CC1(C)OC2OC(COC(=O)N(c3ccc(Br)cc3Cl)C(F)(F)F)C3(OC3(C)C)C(O)C2O1. The minimum absolute atomic E-state index is 0.312. The molecule has 5 atom stereocenters. The number of hydrogen-bond donors (Lipinski definition) is 1. The predicted octanol–water partition coefficient (Wildman–Crippen LogP) is 4.35. The van der Waals surface area contributed by atoms with Crippen molar-refractivity contribution in [3.05, 3.63) is 27.7 Å². The Bertz CT molecular complexity index is 962. The summed E-state index contributed by atoms with van der Waals surface area (Å²) in [5, 5.41) is 10.7. The molecular formula is C20H22BrClF3NO7. The van der Waals surface area contributed by atoms with Gasteiger partial charge in [0.2, 0.25) is 0 Å². The zero-order valence-electron chi connectivity index (χ0n) is 18.0. The molecule has 8 nitrogen and oxygen atoms in total. The van der Waals surface area contributed by atoms with E-state index in [-0.39, 0.29) is 5.02 Å². The van der Waals surface area contributed by atoms with E-state index < -0.39 is 71.2 Å². The number of anilines is 1. The molecule has 4 rings (SSSR count). The minimum Gasteiger partial charge on any atom is -0.446 e. The summed E-state index contributed by atoms with van der Waals surface area (Å²) in [6.45, 7) is 5.97. The van der Waals surface area contributed by atoms with Crippen LogP contribution in [0.15, 0.2) is 22.7 Å². The Labute approximate surface area is 200 Å². The van der Waals surface area contributed by atoms with Crippen LogP contribution in [0, 0.1) is 0 Å². The molecule has 1 aromatic rings. The monoisotopic (exact) mass is 559 g/mol. The Morgan fingerprint density at radius 3 is 2.45 bits per heavy atom. The smallest absolute Gasteiger partial charge is 0.446 e. The molecule has 0 saturated carbocycles. The van der Waals surface area contributed by atoms with Crippen LogP contribution in [0.3, 0.4) is 0 Å². The molecule has 1 N–H and O–H groups in total. The highest BCUT2D eigenvalue weighted by atomic mass is 79.9. The standard InChI is InChI=1S/C20H22BrClF3NO7/c1-17(2)19(33-17)12(30-15-13(14(19)27)31-18(3,4)32-15)8-29-16(28)26(20(23,24)25)11-6-5-9(21)7-10(11)22/h5-7,12-15,27H,8H2,1-4H3. The van der Waals surface area contributed by atoms with Crippen molar-refractivity contribution >= 4 is 39.3 Å². The molecule has 1 amide bonds. The molecule has 3 aliphatic rings. The van der Waals surface area contributed by atoms with Gasteiger partial charge in [0.1, 0.15) is 24.9 Å². The van der Waals surface area contributed by atoms with Gasteiger partial charge in [-0.1, -0.05) is 27.5 Å². The third-order valence-electron chi connectivity index (χ3n) is 5.88. The van der Waals surface area contributed by atoms with Crippen molar-refractivity contribution < 1.29 is 46.8 Å². The first-order valence-electron chi connectivity index (χ1n) is 9.97. The van der Waals surface area contributed by atoms with Crippen molar-refractivity contribution in [3.8, 4) is 0 Å². The number of carbonyl (C=O) groups excluding carboxylic acids is 1. The molecule has 3 fully saturated rings. The van der Waals surface area contributed by atoms with Gasteiger partial charge in [-0.25, -0.2) is 4.79 Å². The third-order valence-corrected chi connectivity index (χ3v) is 6.68. The van der Waals surface area contributed by atoms with Crippen LogP contribution in [0.1, 0.15) is 27.7 Å². The number of halogens is 5. The maximum Gasteiger partial charge on any atom is 0.494 e. The van der Waals surface area contributed by atoms with Crippen LogP contribution >= 0.6 is 27.5 Å². The molecule has 1 aromatic carbocycles. The van der Waals surface area contributed by atoms with Gasteiger partial charge < -0.3 is 28.8 Å². The molecule has 3 aliphatic heterocycles. The lowest BCUT2D eigenvalue weighted by molar-refractivity contribution is -0.247. The van der Waals surface area contributed by atoms with Crippen LogP contribution in [-0.2, 0) is 23.7 Å². The van der Waals surface area contributed by atoms with Gasteiger partial charge in [-0.3, -0.25) is 0 Å². The van der Waals surface area contributed by atoms with E-state index in [4.69, 9.17) is 35.3 Å². The number of rotatable bonds is 3. The van der Waals surface area contributed by atoms with Crippen LogP contribution in [-0.4, -0.2) is 65.7 Å². The molecule has 0 radical (unpaired) electrons. The maximum absolute atomic E-state index is 13.7. The van der Waals surface area contributed by atoms with E-state index in [1.54, 1.807) is 27.7 Å². The number of aliphatic hydroxyl groups excluding tert-OH is 1. The Balaban J connectivity index is 1.56. The number of aliphatic hydroxyl groups is 1. The van der Waals surface area contributed by atoms with Crippen molar-refractivity contribution in [3.63, 3.8) is 0 Å². The summed E-state index contributed by atoms with van der Waals surface area (Å²) in [7, 11) is 0. The summed E-state index contributed by atoms with van der Waals surface area (Å²) in [5.74, 6) is -1.06. The van der Waals surface area contributed by atoms with Gasteiger partial charge in [0, 0.05) is 4.47 Å². The zero-order valence-corrected chi connectivity index (χ0v) is 20.3. The molecule has 13 heteroatoms. The summed E-state index contributed by atoms with van der Waals surface area (Å²) in [6, 6.07) is 3.56. The molecule has 5 unspecified atom stereocenters. The summed E-state index contributed by atoms with van der Waals surface area (Å²) >= 11 is 9.04. The first kappa shape index (κ1) is 25.0. The second-order valence-corrected chi connectivity index (χ2v) is 10.2. The van der Waals surface area contributed by atoms with Crippen LogP contribution in [0.5, 0.6) is 0 Å². The van der Waals surface area contributed by atoms with E-state index in [9.17, 15) is 23.1 Å². The van der Waals surface area contributed by atoms with Gasteiger partial charge >= 0.3 is 12.4 Å². The van der Waals surface area contributed by atoms with Gasteiger partial charge in [-0.05, 0) is 45.9 Å². The summed E-state index contributed by atoms with van der Waals surface area (Å²) < 4.78 is 69.6. The molecular weight excluding hydrogens is 539 g/mol. The number of hydrogen-bond acceptors (Lipinski definition) is 7. The van der Waals surface area contributed by atoms with Crippen LogP contribution in [0.2, 0.25) is 5.02 Å². The first-order chi connectivity index (χ1) is 15.1. The number of epoxide rings is 1. The van der Waals surface area contributed by atoms with E-state index in [0.29, 0.717) is 4.47 Å². The van der Waals surface area contributed by atoms with Gasteiger partial charge in [-0.15, -0.1) is 13.2 Å². The van der Waals surface area contributed by atoms with Crippen LogP contribution in [0.25, 0.3) is 0 Å². The van der Waals surface area contributed by atoms with Crippen molar-refractivity contribution in [1.82, 2.24) is 0 Å². The van der Waals surface area contributed by atoms with Crippen molar-refractivity contribution in [2.24, 2.45) is 0 Å². The summed E-state index contributed by atoms with van der Waals surface area (Å²) in [6.07, 6.45) is -11.1. The molecule has 0 aliphatic carbocycles. The normalized spacial score (nSPS) is 34.1. The van der Waals surface area contributed by atoms with Gasteiger partial charge in [0.25, 0.3) is 0 Å². The second kappa shape index (κ2) is 7.94. The summed E-state index contributed by atoms with van der Waals surface area (Å²) in [5.41, 5.74) is -2.88. The van der Waals surface area contributed by atoms with Gasteiger partial charge in [-0.2, -0.15) is 4.90 Å². The number of carbonyl (C=O) groups is 1. The fourth-order valence-corrected chi connectivity index (χ4v) is 5.17. The average Bonchev–Trinajstić information content (AvgIpc) is 3.09. The third kappa shape index (κ3) is 4.24. The highest BCUT2D eigenvalue weighted by molar-refractivity contribution is 9.10. The number of amides is 1. The Hall–Kier alpha value is -1.15. The Morgan fingerprint density at radius 1 is 1.27 bits per heavy atom. The van der Waals surface area contributed by atoms with E-state index >= 15 is 0 Å². The largest absolute Gasteiger partial charge is 0.494 e. The lowest BCUT2D eigenvalue weighted by atomic mass is 9.80. The van der Waals surface area contributed by atoms with E-state index in [1.165, 1.54) is 12.1 Å². The lowest BCUT2D eigenvalue weighted by Crippen LogP contribution is -2.62. The quantitative estimate of drug-likeness (QED) is 0.434. The molecule has 1 spiro atoms. The minimum atomic E-state index is -5.12. The van der Waals surface area contributed by atoms with Crippen LogP contribution < -0.4 is 4.90 Å². The molecule has 3 saturated heterocycles. The molecule has 0 aromatic heterocycles. The first-order valence-corrected chi connectivity index (χ1v) is 11.1. The molecule has 184 valence electrons. The molecule has 33 heavy (non-hydrogen) atoms. The van der Waals surface area contributed by atoms with E-state index in [1.807, 2.05) is 0 Å². The Morgan fingerprint density at radius 2 is 1.91 bits per heavy atom. The maximum atomic E-state index is 13.7. The van der Waals surface area contributed by atoms with Crippen molar-refractivity contribution in [1.29, 1.82) is 0 Å². The molecule has 3 heterocycles. The Kier molecular flexibility index (Phi) is 6.00. The molecule has 0 bridgehead atoms. The predicted molar refractivity (Wildman–Crippen MR) is 112 cm³/mol. The van der Waals surface area contributed by atoms with Gasteiger partial charge in [0.15, 0.2) is 17.7 Å². The van der Waals surface area contributed by atoms with Crippen molar-refractivity contribution in [2.75, 3.05) is 11.5 Å². The van der Waals surface area contributed by atoms with Gasteiger partial charge in [0.05, 0.1) is 16.3 Å². The number of alkyl halides is 3. The van der Waals surface area contributed by atoms with Crippen LogP contribution in [0.4, 0.5) is 23.7 Å². The fraction of sp³-hybridized carbons (Fsp3) is 0.650. The zero-order chi connectivity index (χ0) is 24.6. The highest BCUT2D eigenvalue weighted by Crippen LogP contribution is 2.58.